The van der Waals surface area contributed by atoms with Crippen LogP contribution in [0.25, 0.3) is 11.1 Å². The van der Waals surface area contributed by atoms with Crippen LogP contribution in [0.5, 0.6) is 0 Å². The van der Waals surface area contributed by atoms with Crippen molar-refractivity contribution in [3.63, 3.8) is 0 Å². The zero-order valence-electron chi connectivity index (χ0n) is 11.6. The van der Waals surface area contributed by atoms with Crippen molar-refractivity contribution in [1.29, 1.82) is 0 Å². The van der Waals surface area contributed by atoms with Gasteiger partial charge in [-0.25, -0.2) is 4.68 Å². The van der Waals surface area contributed by atoms with Crippen molar-refractivity contribution in [1.82, 2.24) is 15.0 Å². The monoisotopic (exact) mass is 339 g/mol. The van der Waals surface area contributed by atoms with E-state index >= 15 is 0 Å². The first-order valence-corrected chi connectivity index (χ1v) is 7.91. The number of nitrogens with zero attached hydrogens (tertiary/aromatic N) is 3. The highest BCUT2D eigenvalue weighted by Crippen LogP contribution is 2.44. The molecule has 3 nitrogen and oxygen atoms in total. The predicted octanol–water partition coefficient (Wildman–Crippen LogP) is 4.35. The molecule has 0 spiro atoms. The van der Waals surface area contributed by atoms with E-state index in [0.29, 0.717) is 0 Å². The minimum absolute atomic E-state index is 0.116. The summed E-state index contributed by atoms with van der Waals surface area (Å²) in [6.07, 6.45) is 2.03. The highest BCUT2D eigenvalue weighted by atomic mass is 79.9. The van der Waals surface area contributed by atoms with E-state index in [-0.39, 0.29) is 10.9 Å². The SMILES string of the molecule is CC(Br)c1cn(C2c3ccccc3-c3ccccc32)nn1. The second-order valence-electron chi connectivity index (χ2n) is 5.32. The lowest BCUT2D eigenvalue weighted by Gasteiger charge is -2.13. The summed E-state index contributed by atoms with van der Waals surface area (Å²) in [5.41, 5.74) is 6.12. The van der Waals surface area contributed by atoms with Crippen molar-refractivity contribution < 1.29 is 0 Å². The van der Waals surface area contributed by atoms with Gasteiger partial charge >= 0.3 is 0 Å². The van der Waals surface area contributed by atoms with Crippen LogP contribution in [0.15, 0.2) is 54.7 Å². The Labute approximate surface area is 131 Å². The summed E-state index contributed by atoms with van der Waals surface area (Å²) >= 11 is 3.55. The Kier molecular flexibility index (Phi) is 2.93. The molecule has 0 saturated carbocycles. The first-order valence-electron chi connectivity index (χ1n) is 6.99. The van der Waals surface area contributed by atoms with Crippen molar-refractivity contribution >= 4 is 15.9 Å². The van der Waals surface area contributed by atoms with Gasteiger partial charge in [0, 0.05) is 0 Å². The molecule has 0 amide bonds. The molecule has 0 radical (unpaired) electrons. The smallest absolute Gasteiger partial charge is 0.105 e. The van der Waals surface area contributed by atoms with Gasteiger partial charge < -0.3 is 0 Å². The van der Waals surface area contributed by atoms with Gasteiger partial charge in [0.05, 0.1) is 16.7 Å². The molecule has 1 unspecified atom stereocenters. The van der Waals surface area contributed by atoms with Crippen LogP contribution in [0, 0.1) is 0 Å². The van der Waals surface area contributed by atoms with Crippen LogP contribution in [-0.2, 0) is 0 Å². The van der Waals surface area contributed by atoms with E-state index in [1.165, 1.54) is 22.3 Å². The standard InChI is InChI=1S/C17H14BrN3/c1-11(18)16-10-21(20-19-16)17-14-8-4-2-6-12(14)13-7-3-5-9-15(13)17/h2-11,17H,1H3. The summed E-state index contributed by atoms with van der Waals surface area (Å²) in [5, 5.41) is 8.63. The van der Waals surface area contributed by atoms with E-state index in [0.717, 1.165) is 5.69 Å². The van der Waals surface area contributed by atoms with Crippen LogP contribution >= 0.6 is 15.9 Å². The molecular weight excluding hydrogens is 326 g/mol. The molecule has 104 valence electrons. The fraction of sp³-hybridized carbons (Fsp3) is 0.176. The van der Waals surface area contributed by atoms with Gasteiger partial charge in [0.15, 0.2) is 0 Å². The van der Waals surface area contributed by atoms with Crippen LogP contribution in [0.1, 0.15) is 34.6 Å². The average Bonchev–Trinajstić information content (AvgIpc) is 3.09. The molecule has 1 aliphatic rings. The Bertz CT molecular complexity index is 762. The molecule has 0 fully saturated rings. The Morgan fingerprint density at radius 2 is 1.57 bits per heavy atom. The van der Waals surface area contributed by atoms with Crippen molar-refractivity contribution in [2.24, 2.45) is 0 Å². The number of aromatic nitrogens is 3. The lowest BCUT2D eigenvalue weighted by Crippen LogP contribution is -2.10. The Balaban J connectivity index is 1.92. The first kappa shape index (κ1) is 12.8. The summed E-state index contributed by atoms with van der Waals surface area (Å²) < 4.78 is 1.97. The molecule has 21 heavy (non-hydrogen) atoms. The third-order valence-electron chi connectivity index (χ3n) is 4.00. The van der Waals surface area contributed by atoms with Gasteiger partial charge in [-0.15, -0.1) is 5.10 Å². The van der Waals surface area contributed by atoms with Gasteiger partial charge in [-0.2, -0.15) is 0 Å². The van der Waals surface area contributed by atoms with Crippen molar-refractivity contribution in [2.75, 3.05) is 0 Å². The number of hydrogen-bond acceptors (Lipinski definition) is 2. The third kappa shape index (κ3) is 1.94. The topological polar surface area (TPSA) is 30.7 Å². The fourth-order valence-electron chi connectivity index (χ4n) is 3.01. The number of benzene rings is 2. The van der Waals surface area contributed by atoms with E-state index < -0.39 is 0 Å². The summed E-state index contributed by atoms with van der Waals surface area (Å²) in [6, 6.07) is 17.2. The van der Waals surface area contributed by atoms with Gasteiger partial charge in [-0.1, -0.05) is 69.7 Å². The number of rotatable bonds is 2. The van der Waals surface area contributed by atoms with Gasteiger partial charge in [0.2, 0.25) is 0 Å². The highest BCUT2D eigenvalue weighted by Gasteiger charge is 2.30. The number of alkyl halides is 1. The zero-order valence-corrected chi connectivity index (χ0v) is 13.2. The number of fused-ring (bicyclic) bond motifs is 3. The second-order valence-corrected chi connectivity index (χ2v) is 6.69. The van der Waals surface area contributed by atoms with Crippen LogP contribution in [0.4, 0.5) is 0 Å². The van der Waals surface area contributed by atoms with Gasteiger partial charge in [0.1, 0.15) is 6.04 Å². The maximum Gasteiger partial charge on any atom is 0.105 e. The van der Waals surface area contributed by atoms with E-state index in [4.69, 9.17) is 0 Å². The van der Waals surface area contributed by atoms with Crippen LogP contribution in [0.2, 0.25) is 0 Å². The molecule has 1 aliphatic carbocycles. The van der Waals surface area contributed by atoms with Gasteiger partial charge in [-0.05, 0) is 29.2 Å². The molecule has 3 aromatic rings. The molecule has 1 aromatic heterocycles. The molecule has 0 bridgehead atoms. The van der Waals surface area contributed by atoms with E-state index in [1.807, 2.05) is 10.9 Å². The van der Waals surface area contributed by atoms with Crippen LogP contribution in [0.3, 0.4) is 0 Å². The van der Waals surface area contributed by atoms with Crippen molar-refractivity contribution in [3.8, 4) is 11.1 Å². The molecule has 1 heterocycles. The fourth-order valence-corrected chi connectivity index (χ4v) is 3.22. The predicted molar refractivity (Wildman–Crippen MR) is 86.5 cm³/mol. The number of halogens is 1. The minimum atomic E-state index is 0.116. The quantitative estimate of drug-likeness (QED) is 0.508. The van der Waals surface area contributed by atoms with Crippen LogP contribution < -0.4 is 0 Å². The Morgan fingerprint density at radius 1 is 1.00 bits per heavy atom. The highest BCUT2D eigenvalue weighted by molar-refractivity contribution is 9.09. The molecular formula is C17H14BrN3. The average molecular weight is 340 g/mol. The van der Waals surface area contributed by atoms with E-state index in [2.05, 4.69) is 81.7 Å². The third-order valence-corrected chi connectivity index (χ3v) is 4.47. The summed E-state index contributed by atoms with van der Waals surface area (Å²) in [5.74, 6) is 0. The molecule has 0 N–H and O–H groups in total. The van der Waals surface area contributed by atoms with Crippen LogP contribution in [-0.4, -0.2) is 15.0 Å². The Hall–Kier alpha value is -1.94. The number of hydrogen-bond donors (Lipinski definition) is 0. The summed E-state index contributed by atoms with van der Waals surface area (Å²) in [7, 11) is 0. The van der Waals surface area contributed by atoms with E-state index in [9.17, 15) is 0 Å². The van der Waals surface area contributed by atoms with Crippen molar-refractivity contribution in [3.05, 3.63) is 71.5 Å². The normalized spacial score (nSPS) is 14.8. The first-order chi connectivity index (χ1) is 10.3. The minimum Gasteiger partial charge on any atom is -0.240 e. The maximum atomic E-state index is 4.35. The molecule has 4 heteroatoms. The zero-order chi connectivity index (χ0) is 14.4. The summed E-state index contributed by atoms with van der Waals surface area (Å²) in [6.45, 7) is 2.06. The molecule has 0 saturated heterocycles. The second kappa shape index (κ2) is 4.81. The molecule has 1 atom stereocenters. The van der Waals surface area contributed by atoms with Gasteiger partial charge in [0.25, 0.3) is 0 Å². The molecule has 0 aliphatic heterocycles. The lowest BCUT2D eigenvalue weighted by molar-refractivity contribution is 0.580. The molecule has 4 rings (SSSR count). The van der Waals surface area contributed by atoms with Gasteiger partial charge in [-0.3, -0.25) is 0 Å². The largest absolute Gasteiger partial charge is 0.240 e. The molecule has 2 aromatic carbocycles. The lowest BCUT2D eigenvalue weighted by atomic mass is 10.1. The van der Waals surface area contributed by atoms with E-state index in [1.54, 1.807) is 0 Å². The summed E-state index contributed by atoms with van der Waals surface area (Å²) in [4.78, 5) is 0.207. The van der Waals surface area contributed by atoms with Crippen molar-refractivity contribution in [2.45, 2.75) is 17.8 Å². The Morgan fingerprint density at radius 3 is 2.10 bits per heavy atom. The maximum absolute atomic E-state index is 4.35.